The number of hydrogen-bond donors (Lipinski definition) is 1. The van der Waals surface area contributed by atoms with Gasteiger partial charge < -0.3 is 5.32 Å². The normalized spacial score (nSPS) is 10.1. The Hall–Kier alpha value is -1.61. The Kier molecular flexibility index (Phi) is 3.37. The van der Waals surface area contributed by atoms with Crippen LogP contribution in [0, 0.1) is 6.92 Å². The molecule has 0 amide bonds. The van der Waals surface area contributed by atoms with E-state index < -0.39 is 0 Å². The molecule has 2 rings (SSSR count). The molecule has 0 unspecified atom stereocenters. The quantitative estimate of drug-likeness (QED) is 0.886. The van der Waals surface area contributed by atoms with E-state index in [0.29, 0.717) is 11.6 Å². The highest BCUT2D eigenvalue weighted by molar-refractivity contribution is 6.33. The topological polar surface area (TPSA) is 37.8 Å². The highest BCUT2D eigenvalue weighted by Crippen LogP contribution is 2.20. The Morgan fingerprint density at radius 1 is 1.19 bits per heavy atom. The van der Waals surface area contributed by atoms with Gasteiger partial charge >= 0.3 is 0 Å². The average Bonchev–Trinajstić information content (AvgIpc) is 2.30. The number of nitrogens with zero attached hydrogens (tertiary/aromatic N) is 2. The molecule has 2 aromatic heterocycles. The van der Waals surface area contributed by atoms with Crippen LogP contribution in [-0.4, -0.2) is 9.97 Å². The molecule has 2 aromatic rings. The van der Waals surface area contributed by atoms with Gasteiger partial charge in [-0.1, -0.05) is 11.6 Å². The van der Waals surface area contributed by atoms with Gasteiger partial charge in [-0.05, 0) is 30.2 Å². The lowest BCUT2D eigenvalue weighted by molar-refractivity contribution is 1.08. The van der Waals surface area contributed by atoms with Crippen LogP contribution in [0.1, 0.15) is 11.1 Å². The molecule has 1 N–H and O–H groups in total. The van der Waals surface area contributed by atoms with Gasteiger partial charge in [0, 0.05) is 31.3 Å². The van der Waals surface area contributed by atoms with Gasteiger partial charge in [-0.3, -0.25) is 9.97 Å². The SMILES string of the molecule is Cc1ccncc1CNc1ccncc1Cl. The van der Waals surface area contributed by atoms with E-state index in [9.17, 15) is 0 Å². The van der Waals surface area contributed by atoms with Crippen molar-refractivity contribution in [3.8, 4) is 0 Å². The number of hydrogen-bond acceptors (Lipinski definition) is 3. The smallest absolute Gasteiger partial charge is 0.0820 e. The van der Waals surface area contributed by atoms with E-state index in [1.165, 1.54) is 5.56 Å². The van der Waals surface area contributed by atoms with Crippen LogP contribution < -0.4 is 5.32 Å². The third-order valence-corrected chi connectivity index (χ3v) is 2.69. The fraction of sp³-hybridized carbons (Fsp3) is 0.167. The highest BCUT2D eigenvalue weighted by Gasteiger charge is 2.00. The van der Waals surface area contributed by atoms with Crippen LogP contribution in [-0.2, 0) is 6.54 Å². The van der Waals surface area contributed by atoms with E-state index in [2.05, 4.69) is 22.2 Å². The Labute approximate surface area is 99.5 Å². The molecule has 0 saturated carbocycles. The summed E-state index contributed by atoms with van der Waals surface area (Å²) < 4.78 is 0. The second-order valence-corrected chi connectivity index (χ2v) is 3.92. The molecule has 82 valence electrons. The third-order valence-electron chi connectivity index (χ3n) is 2.39. The number of rotatable bonds is 3. The zero-order valence-corrected chi connectivity index (χ0v) is 9.70. The maximum atomic E-state index is 5.99. The average molecular weight is 234 g/mol. The minimum Gasteiger partial charge on any atom is -0.380 e. The molecule has 0 aromatic carbocycles. The summed E-state index contributed by atoms with van der Waals surface area (Å²) in [5, 5.41) is 3.89. The Bertz CT molecular complexity index is 440. The molecule has 2 heterocycles. The van der Waals surface area contributed by atoms with E-state index in [4.69, 9.17) is 11.6 Å². The van der Waals surface area contributed by atoms with Crippen molar-refractivity contribution in [2.45, 2.75) is 13.5 Å². The lowest BCUT2D eigenvalue weighted by Crippen LogP contribution is -2.02. The first kappa shape index (κ1) is 10.9. The van der Waals surface area contributed by atoms with Gasteiger partial charge in [0.15, 0.2) is 0 Å². The molecule has 0 saturated heterocycles. The van der Waals surface area contributed by atoms with Gasteiger partial charge in [0.2, 0.25) is 0 Å². The maximum absolute atomic E-state index is 5.99. The predicted octanol–water partition coefficient (Wildman–Crippen LogP) is 3.05. The number of pyridine rings is 2. The van der Waals surface area contributed by atoms with E-state index >= 15 is 0 Å². The van der Waals surface area contributed by atoms with Crippen molar-refractivity contribution in [1.82, 2.24) is 9.97 Å². The van der Waals surface area contributed by atoms with Crippen molar-refractivity contribution in [3.63, 3.8) is 0 Å². The van der Waals surface area contributed by atoms with Crippen molar-refractivity contribution in [3.05, 3.63) is 53.1 Å². The Morgan fingerprint density at radius 3 is 2.69 bits per heavy atom. The van der Waals surface area contributed by atoms with Crippen molar-refractivity contribution in [2.75, 3.05) is 5.32 Å². The Morgan fingerprint density at radius 2 is 1.94 bits per heavy atom. The zero-order valence-electron chi connectivity index (χ0n) is 8.94. The second-order valence-electron chi connectivity index (χ2n) is 3.51. The number of aryl methyl sites for hydroxylation is 1. The van der Waals surface area contributed by atoms with Crippen molar-refractivity contribution in [1.29, 1.82) is 0 Å². The predicted molar refractivity (Wildman–Crippen MR) is 65.5 cm³/mol. The summed E-state index contributed by atoms with van der Waals surface area (Å²) in [6.07, 6.45) is 6.99. The third kappa shape index (κ3) is 2.49. The lowest BCUT2D eigenvalue weighted by Gasteiger charge is -2.09. The summed E-state index contributed by atoms with van der Waals surface area (Å²) in [4.78, 5) is 8.03. The first-order chi connectivity index (χ1) is 7.77. The zero-order chi connectivity index (χ0) is 11.4. The summed E-state index contributed by atoms with van der Waals surface area (Å²) in [5.74, 6) is 0. The second kappa shape index (κ2) is 4.94. The van der Waals surface area contributed by atoms with Gasteiger partial charge in [-0.25, -0.2) is 0 Å². The van der Waals surface area contributed by atoms with E-state index in [-0.39, 0.29) is 0 Å². The molecule has 0 fully saturated rings. The van der Waals surface area contributed by atoms with E-state index in [1.807, 2.05) is 18.3 Å². The molecule has 0 radical (unpaired) electrons. The van der Waals surface area contributed by atoms with Crippen LogP contribution >= 0.6 is 11.6 Å². The highest BCUT2D eigenvalue weighted by atomic mass is 35.5. The molecule has 0 spiro atoms. The van der Waals surface area contributed by atoms with Gasteiger partial charge in [0.1, 0.15) is 0 Å². The summed E-state index contributed by atoms with van der Waals surface area (Å²) in [6, 6.07) is 3.85. The molecule has 0 aliphatic rings. The van der Waals surface area contributed by atoms with Crippen LogP contribution in [0.15, 0.2) is 36.9 Å². The Balaban J connectivity index is 2.09. The van der Waals surface area contributed by atoms with Gasteiger partial charge in [0.05, 0.1) is 10.7 Å². The largest absolute Gasteiger partial charge is 0.380 e. The van der Waals surface area contributed by atoms with Crippen molar-refractivity contribution >= 4 is 17.3 Å². The summed E-state index contributed by atoms with van der Waals surface area (Å²) >= 11 is 5.99. The van der Waals surface area contributed by atoms with E-state index in [1.54, 1.807) is 18.6 Å². The molecule has 0 bridgehead atoms. The van der Waals surface area contributed by atoms with Crippen LogP contribution in [0.2, 0.25) is 5.02 Å². The molecule has 4 heteroatoms. The fourth-order valence-corrected chi connectivity index (χ4v) is 1.58. The summed E-state index contributed by atoms with van der Waals surface area (Å²) in [5.41, 5.74) is 3.27. The number of halogens is 1. The molecule has 0 atom stereocenters. The minimum atomic E-state index is 0.629. The monoisotopic (exact) mass is 233 g/mol. The first-order valence-electron chi connectivity index (χ1n) is 5.00. The van der Waals surface area contributed by atoms with Crippen LogP contribution in [0.3, 0.4) is 0 Å². The van der Waals surface area contributed by atoms with Crippen LogP contribution in [0.25, 0.3) is 0 Å². The lowest BCUT2D eigenvalue weighted by atomic mass is 10.1. The molecular formula is C12H12ClN3. The van der Waals surface area contributed by atoms with E-state index in [0.717, 1.165) is 11.3 Å². The molecule has 0 aliphatic heterocycles. The fourth-order valence-electron chi connectivity index (χ4n) is 1.39. The number of nitrogens with one attached hydrogen (secondary N) is 1. The van der Waals surface area contributed by atoms with Crippen molar-refractivity contribution < 1.29 is 0 Å². The molecule has 0 aliphatic carbocycles. The number of aromatic nitrogens is 2. The first-order valence-corrected chi connectivity index (χ1v) is 5.38. The minimum absolute atomic E-state index is 0.629. The molecule has 16 heavy (non-hydrogen) atoms. The summed E-state index contributed by atoms with van der Waals surface area (Å²) in [7, 11) is 0. The van der Waals surface area contributed by atoms with Gasteiger partial charge in [-0.15, -0.1) is 0 Å². The molecule has 3 nitrogen and oxygen atoms in total. The van der Waals surface area contributed by atoms with Gasteiger partial charge in [-0.2, -0.15) is 0 Å². The van der Waals surface area contributed by atoms with Crippen LogP contribution in [0.4, 0.5) is 5.69 Å². The summed E-state index contributed by atoms with van der Waals surface area (Å²) in [6.45, 7) is 2.77. The van der Waals surface area contributed by atoms with Gasteiger partial charge in [0.25, 0.3) is 0 Å². The maximum Gasteiger partial charge on any atom is 0.0820 e. The standard InChI is InChI=1S/C12H12ClN3/c1-9-2-4-14-6-10(9)7-16-12-3-5-15-8-11(12)13/h2-6,8H,7H2,1H3,(H,15,16). The van der Waals surface area contributed by atoms with Crippen molar-refractivity contribution in [2.24, 2.45) is 0 Å². The van der Waals surface area contributed by atoms with Crippen LogP contribution in [0.5, 0.6) is 0 Å². The molecular weight excluding hydrogens is 222 g/mol. The number of anilines is 1.